The van der Waals surface area contributed by atoms with Crippen molar-refractivity contribution in [2.24, 2.45) is 21.5 Å². The van der Waals surface area contributed by atoms with Gasteiger partial charge in [0.15, 0.2) is 11.9 Å². The van der Waals surface area contributed by atoms with Crippen molar-refractivity contribution in [3.05, 3.63) is 23.4 Å². The Morgan fingerprint density at radius 1 is 1.18 bits per heavy atom. The second kappa shape index (κ2) is 13.4. The number of hydrogen-bond acceptors (Lipinski definition) is 6. The summed E-state index contributed by atoms with van der Waals surface area (Å²) in [5.41, 5.74) is 12.6. The molecule has 0 spiro atoms. The number of nitrogens with two attached hydrogens (primary N) is 2. The number of carbonyl (C=O) groups excluding carboxylic acids is 1. The Kier molecular flexibility index (Phi) is 10.3. The van der Waals surface area contributed by atoms with Gasteiger partial charge in [0.05, 0.1) is 24.3 Å². The topological polar surface area (TPSA) is 118 Å². The van der Waals surface area contributed by atoms with Crippen molar-refractivity contribution < 1.29 is 9.53 Å². The van der Waals surface area contributed by atoms with Gasteiger partial charge in [-0.1, -0.05) is 45.3 Å². The van der Waals surface area contributed by atoms with E-state index in [2.05, 4.69) is 41.2 Å². The number of ether oxygens (including phenoxy) is 1. The molecule has 2 unspecified atom stereocenters. The van der Waals surface area contributed by atoms with Gasteiger partial charge in [-0.05, 0) is 51.4 Å². The maximum Gasteiger partial charge on any atom is 0.337 e. The Hall–Kier alpha value is -2.51. The first-order valence-electron chi connectivity index (χ1n) is 13.3. The monoisotopic (exact) mass is 472 g/mol. The summed E-state index contributed by atoms with van der Waals surface area (Å²) in [6.07, 6.45) is 17.0. The number of unbranched alkanes of at least 4 members (excludes halogenated alkanes) is 3. The Bertz CT molecular complexity index is 799. The first-order chi connectivity index (χ1) is 16.5. The maximum atomic E-state index is 13.2. The van der Waals surface area contributed by atoms with Crippen LogP contribution in [0.25, 0.3) is 0 Å². The minimum Gasteiger partial charge on any atom is -0.462 e. The summed E-state index contributed by atoms with van der Waals surface area (Å²) in [5, 5.41) is 3.59. The van der Waals surface area contributed by atoms with E-state index in [0.717, 1.165) is 81.4 Å². The molecule has 34 heavy (non-hydrogen) atoms. The van der Waals surface area contributed by atoms with E-state index < -0.39 is 0 Å². The molecule has 3 aliphatic heterocycles. The van der Waals surface area contributed by atoms with Gasteiger partial charge in [-0.2, -0.15) is 0 Å². The number of guanidine groups is 2. The third-order valence-electron chi connectivity index (χ3n) is 6.89. The van der Waals surface area contributed by atoms with Crippen molar-refractivity contribution in [3.63, 3.8) is 0 Å². The van der Waals surface area contributed by atoms with Gasteiger partial charge >= 0.3 is 5.97 Å². The highest BCUT2D eigenvalue weighted by Gasteiger charge is 2.47. The molecule has 0 aromatic carbocycles. The molecule has 190 valence electrons. The van der Waals surface area contributed by atoms with E-state index in [1.165, 1.54) is 6.42 Å². The van der Waals surface area contributed by atoms with Crippen LogP contribution in [-0.2, 0) is 9.53 Å². The molecular formula is C26H44N6O2. The Morgan fingerprint density at radius 2 is 2.00 bits per heavy atom. The second-order valence-corrected chi connectivity index (χ2v) is 9.60. The van der Waals surface area contributed by atoms with Crippen LogP contribution in [0.5, 0.6) is 0 Å². The van der Waals surface area contributed by atoms with Gasteiger partial charge in [-0.25, -0.2) is 9.79 Å². The van der Waals surface area contributed by atoms with E-state index in [1.807, 2.05) is 0 Å². The molecule has 0 aromatic heterocycles. The van der Waals surface area contributed by atoms with Crippen LogP contribution in [0.1, 0.15) is 90.9 Å². The minimum atomic E-state index is -0.211. The van der Waals surface area contributed by atoms with E-state index in [4.69, 9.17) is 21.2 Å². The normalized spacial score (nSPS) is 23.5. The van der Waals surface area contributed by atoms with E-state index in [-0.39, 0.29) is 18.0 Å². The molecule has 1 fully saturated rings. The van der Waals surface area contributed by atoms with Gasteiger partial charge in [0.25, 0.3) is 0 Å². The molecule has 3 heterocycles. The molecule has 0 aliphatic carbocycles. The number of rotatable bonds is 14. The number of aliphatic imine (C=N–C) groups is 2. The zero-order chi connectivity index (χ0) is 24.3. The third kappa shape index (κ3) is 7.00. The first-order valence-corrected chi connectivity index (χ1v) is 13.3. The molecule has 8 nitrogen and oxygen atoms in total. The predicted octanol–water partition coefficient (Wildman–Crippen LogP) is 3.73. The van der Waals surface area contributed by atoms with Crippen molar-refractivity contribution in [3.8, 4) is 0 Å². The second-order valence-electron chi connectivity index (χ2n) is 9.60. The first kappa shape index (κ1) is 26.1. The van der Waals surface area contributed by atoms with Gasteiger partial charge in [0.1, 0.15) is 0 Å². The maximum absolute atomic E-state index is 13.2. The molecule has 0 saturated carbocycles. The summed E-state index contributed by atoms with van der Waals surface area (Å²) in [6, 6.07) is 0.850. The fourth-order valence-corrected chi connectivity index (χ4v) is 5.22. The highest BCUT2D eigenvalue weighted by atomic mass is 16.5. The largest absolute Gasteiger partial charge is 0.462 e. The van der Waals surface area contributed by atoms with Gasteiger partial charge in [0.2, 0.25) is 0 Å². The highest BCUT2D eigenvalue weighted by Crippen LogP contribution is 2.39. The number of nitrogens with one attached hydrogen (secondary N) is 1. The molecule has 5 N–H and O–H groups in total. The molecule has 0 radical (unpaired) electrons. The third-order valence-corrected chi connectivity index (χ3v) is 6.89. The zero-order valence-electron chi connectivity index (χ0n) is 21.1. The standard InChI is InChI=1S/C26H44N6O2/c1-3-5-7-8-10-12-19-18-20-14-15-22-23(24(33)34-17-11-16-29-25(27)28)21(13-9-6-4-2)31-26(30-19)32(20)22/h7-8,19-20,22H,3-6,9-18H2,1-2H3,(H,30,31)(H4,27,28,29)/b8-7+/t19-,20?,22?/m0/s1. The molecule has 1 saturated heterocycles. The van der Waals surface area contributed by atoms with E-state index in [0.29, 0.717) is 31.7 Å². The molecule has 8 heteroatoms. The molecule has 0 bridgehead atoms. The van der Waals surface area contributed by atoms with E-state index in [9.17, 15) is 4.79 Å². The minimum absolute atomic E-state index is 0.0629. The quantitative estimate of drug-likeness (QED) is 0.117. The average Bonchev–Trinajstić information content (AvgIpc) is 3.23. The number of carbonyl (C=O) groups is 1. The SMILES string of the molecule is CCC/C=C/CC[C@H]1CC2CCC3C(C(=O)OCCCN=C(N)N)=C(CCCCC)NC(=N1)N23. The number of esters is 1. The Labute approximate surface area is 205 Å². The van der Waals surface area contributed by atoms with Crippen LogP contribution in [0.3, 0.4) is 0 Å². The lowest BCUT2D eigenvalue weighted by atomic mass is 9.96. The molecular weight excluding hydrogens is 428 g/mol. The summed E-state index contributed by atoms with van der Waals surface area (Å²) < 4.78 is 5.67. The van der Waals surface area contributed by atoms with Crippen LogP contribution in [0.4, 0.5) is 0 Å². The molecule has 0 amide bonds. The summed E-state index contributed by atoms with van der Waals surface area (Å²) in [5.74, 6) is 0.821. The van der Waals surface area contributed by atoms with Crippen molar-refractivity contribution in [2.75, 3.05) is 13.2 Å². The summed E-state index contributed by atoms with van der Waals surface area (Å²) in [6.45, 7) is 5.17. The Balaban J connectivity index is 1.72. The van der Waals surface area contributed by atoms with Crippen LogP contribution >= 0.6 is 0 Å². The van der Waals surface area contributed by atoms with Crippen LogP contribution in [0.15, 0.2) is 33.4 Å². The van der Waals surface area contributed by atoms with Crippen LogP contribution in [0, 0.1) is 0 Å². The van der Waals surface area contributed by atoms with Crippen molar-refractivity contribution >= 4 is 17.9 Å². The predicted molar refractivity (Wildman–Crippen MR) is 138 cm³/mol. The van der Waals surface area contributed by atoms with E-state index in [1.54, 1.807) is 0 Å². The van der Waals surface area contributed by atoms with Gasteiger partial charge in [-0.15, -0.1) is 0 Å². The summed E-state index contributed by atoms with van der Waals surface area (Å²) in [7, 11) is 0. The molecule has 3 aliphatic rings. The summed E-state index contributed by atoms with van der Waals surface area (Å²) in [4.78, 5) is 24.6. The average molecular weight is 473 g/mol. The van der Waals surface area contributed by atoms with Crippen LogP contribution in [-0.4, -0.2) is 54.1 Å². The molecule has 0 aromatic rings. The lowest BCUT2D eigenvalue weighted by molar-refractivity contribution is -0.139. The highest BCUT2D eigenvalue weighted by molar-refractivity contribution is 5.96. The van der Waals surface area contributed by atoms with Gasteiger partial charge in [0, 0.05) is 24.7 Å². The van der Waals surface area contributed by atoms with Crippen molar-refractivity contribution in [2.45, 2.75) is 109 Å². The van der Waals surface area contributed by atoms with Gasteiger partial charge < -0.3 is 26.4 Å². The molecule has 3 atom stereocenters. The van der Waals surface area contributed by atoms with Crippen LogP contribution in [0.2, 0.25) is 0 Å². The lowest BCUT2D eigenvalue weighted by Gasteiger charge is -2.43. The van der Waals surface area contributed by atoms with E-state index >= 15 is 0 Å². The van der Waals surface area contributed by atoms with Crippen LogP contribution < -0.4 is 16.8 Å². The zero-order valence-corrected chi connectivity index (χ0v) is 21.1. The number of allylic oxidation sites excluding steroid dienone is 3. The lowest BCUT2D eigenvalue weighted by Crippen LogP contribution is -2.57. The number of nitrogens with zero attached hydrogens (tertiary/aromatic N) is 3. The van der Waals surface area contributed by atoms with Crippen molar-refractivity contribution in [1.82, 2.24) is 10.2 Å². The fourth-order valence-electron chi connectivity index (χ4n) is 5.22. The number of hydrogen-bond donors (Lipinski definition) is 3. The smallest absolute Gasteiger partial charge is 0.337 e. The summed E-state index contributed by atoms with van der Waals surface area (Å²) >= 11 is 0. The fraction of sp³-hybridized carbons (Fsp3) is 0.731. The van der Waals surface area contributed by atoms with Gasteiger partial charge in [-0.3, -0.25) is 4.99 Å². The Morgan fingerprint density at radius 3 is 2.76 bits per heavy atom. The molecule has 3 rings (SSSR count). The van der Waals surface area contributed by atoms with Crippen molar-refractivity contribution in [1.29, 1.82) is 0 Å².